The lowest BCUT2D eigenvalue weighted by Crippen LogP contribution is -2.55. The van der Waals surface area contributed by atoms with E-state index in [2.05, 4.69) is 5.32 Å². The molecular formula is C13H28N2O3. The molecule has 1 atom stereocenters. The number of hydrogen-bond acceptors (Lipinski definition) is 4. The summed E-state index contributed by atoms with van der Waals surface area (Å²) in [7, 11) is 0. The van der Waals surface area contributed by atoms with E-state index in [0.29, 0.717) is 26.4 Å². The van der Waals surface area contributed by atoms with E-state index in [1.165, 1.54) is 0 Å². The Balaban J connectivity index is 4.13. The third-order valence-corrected chi connectivity index (χ3v) is 3.30. The van der Waals surface area contributed by atoms with Gasteiger partial charge in [0, 0.05) is 13.2 Å². The molecule has 0 aromatic carbocycles. The Morgan fingerprint density at radius 3 is 2.33 bits per heavy atom. The molecule has 108 valence electrons. The van der Waals surface area contributed by atoms with Crippen molar-refractivity contribution in [2.24, 2.45) is 5.73 Å². The van der Waals surface area contributed by atoms with Crippen LogP contribution in [-0.4, -0.2) is 43.9 Å². The van der Waals surface area contributed by atoms with Gasteiger partial charge in [-0.2, -0.15) is 0 Å². The fourth-order valence-electron chi connectivity index (χ4n) is 1.63. The summed E-state index contributed by atoms with van der Waals surface area (Å²) >= 11 is 0. The van der Waals surface area contributed by atoms with Crippen molar-refractivity contribution >= 4 is 5.91 Å². The second-order valence-electron chi connectivity index (χ2n) is 4.39. The van der Waals surface area contributed by atoms with Crippen molar-refractivity contribution in [1.82, 2.24) is 5.32 Å². The van der Waals surface area contributed by atoms with Gasteiger partial charge in [-0.15, -0.1) is 0 Å². The Morgan fingerprint density at radius 2 is 1.89 bits per heavy atom. The van der Waals surface area contributed by atoms with Gasteiger partial charge in [0.2, 0.25) is 5.91 Å². The lowest BCUT2D eigenvalue weighted by atomic mass is 9.92. The molecule has 3 N–H and O–H groups in total. The molecule has 0 aromatic heterocycles. The molecular weight excluding hydrogens is 232 g/mol. The standard InChI is InChI=1S/C13H28N2O3/c1-5-13(6-2,10-14)15-12(16)11(4)18-9-8-17-7-3/h11H,5-10,14H2,1-4H3,(H,15,16). The average molecular weight is 260 g/mol. The molecule has 18 heavy (non-hydrogen) atoms. The molecule has 5 nitrogen and oxygen atoms in total. The second kappa shape index (κ2) is 9.30. The van der Waals surface area contributed by atoms with Crippen LogP contribution in [0.25, 0.3) is 0 Å². The molecule has 0 aliphatic heterocycles. The molecule has 1 unspecified atom stereocenters. The maximum Gasteiger partial charge on any atom is 0.249 e. The molecule has 5 heteroatoms. The average Bonchev–Trinajstić information content (AvgIpc) is 2.40. The van der Waals surface area contributed by atoms with Crippen molar-refractivity contribution in [1.29, 1.82) is 0 Å². The number of carbonyl (C=O) groups excluding carboxylic acids is 1. The van der Waals surface area contributed by atoms with Gasteiger partial charge in [-0.1, -0.05) is 13.8 Å². The van der Waals surface area contributed by atoms with E-state index < -0.39 is 6.10 Å². The lowest BCUT2D eigenvalue weighted by Gasteiger charge is -2.32. The highest BCUT2D eigenvalue weighted by Gasteiger charge is 2.28. The number of rotatable bonds is 10. The van der Waals surface area contributed by atoms with Gasteiger partial charge in [0.25, 0.3) is 0 Å². The van der Waals surface area contributed by atoms with Gasteiger partial charge < -0.3 is 20.5 Å². The van der Waals surface area contributed by atoms with Gasteiger partial charge in [-0.25, -0.2) is 0 Å². The zero-order valence-corrected chi connectivity index (χ0v) is 12.1. The first-order valence-corrected chi connectivity index (χ1v) is 6.76. The van der Waals surface area contributed by atoms with Crippen molar-refractivity contribution in [3.63, 3.8) is 0 Å². The SMILES string of the molecule is CCOCCOC(C)C(=O)NC(CC)(CC)CN. The molecule has 0 aromatic rings. The summed E-state index contributed by atoms with van der Waals surface area (Å²) < 4.78 is 10.6. The third kappa shape index (κ3) is 5.80. The predicted molar refractivity (Wildman–Crippen MR) is 72.4 cm³/mol. The van der Waals surface area contributed by atoms with E-state index in [4.69, 9.17) is 15.2 Å². The molecule has 0 heterocycles. The van der Waals surface area contributed by atoms with Gasteiger partial charge in [0.15, 0.2) is 0 Å². The first-order valence-electron chi connectivity index (χ1n) is 6.76. The quantitative estimate of drug-likeness (QED) is 0.576. The maximum atomic E-state index is 12.0. The Bertz CT molecular complexity index is 222. The Morgan fingerprint density at radius 1 is 1.28 bits per heavy atom. The number of amides is 1. The van der Waals surface area contributed by atoms with Crippen molar-refractivity contribution in [2.75, 3.05) is 26.4 Å². The minimum absolute atomic E-state index is 0.111. The summed E-state index contributed by atoms with van der Waals surface area (Å²) in [6, 6.07) is 0. The van der Waals surface area contributed by atoms with Crippen LogP contribution in [0, 0.1) is 0 Å². The smallest absolute Gasteiger partial charge is 0.249 e. The van der Waals surface area contributed by atoms with Crippen molar-refractivity contribution in [3.8, 4) is 0 Å². The highest BCUT2D eigenvalue weighted by atomic mass is 16.5. The summed E-state index contributed by atoms with van der Waals surface area (Å²) in [5.41, 5.74) is 5.43. The van der Waals surface area contributed by atoms with Crippen molar-refractivity contribution in [3.05, 3.63) is 0 Å². The van der Waals surface area contributed by atoms with E-state index in [0.717, 1.165) is 12.8 Å². The molecule has 1 amide bonds. The molecule has 0 saturated heterocycles. The van der Waals surface area contributed by atoms with E-state index in [1.807, 2.05) is 20.8 Å². The molecule has 0 radical (unpaired) electrons. The summed E-state index contributed by atoms with van der Waals surface area (Å²) in [4.78, 5) is 12.0. The molecule has 0 bridgehead atoms. The predicted octanol–water partition coefficient (Wildman–Crippen LogP) is 1.06. The molecule has 0 saturated carbocycles. The molecule has 0 aliphatic rings. The summed E-state index contributed by atoms with van der Waals surface area (Å²) in [6.45, 7) is 9.76. The van der Waals surface area contributed by atoms with Crippen LogP contribution < -0.4 is 11.1 Å². The van der Waals surface area contributed by atoms with Crippen LogP contribution in [0.4, 0.5) is 0 Å². The second-order valence-corrected chi connectivity index (χ2v) is 4.39. The minimum atomic E-state index is -0.477. The van der Waals surface area contributed by atoms with Gasteiger partial charge in [-0.05, 0) is 26.7 Å². The Labute approximate surface area is 110 Å². The first kappa shape index (κ1) is 17.4. The van der Waals surface area contributed by atoms with Crippen molar-refractivity contribution < 1.29 is 14.3 Å². The number of hydrogen-bond donors (Lipinski definition) is 2. The van der Waals surface area contributed by atoms with Crippen LogP contribution in [0.1, 0.15) is 40.5 Å². The van der Waals surface area contributed by atoms with Gasteiger partial charge >= 0.3 is 0 Å². The first-order chi connectivity index (χ1) is 8.55. The van der Waals surface area contributed by atoms with Gasteiger partial charge in [-0.3, -0.25) is 4.79 Å². The summed E-state index contributed by atoms with van der Waals surface area (Å²) in [5.74, 6) is -0.111. The number of carbonyl (C=O) groups is 1. The van der Waals surface area contributed by atoms with Gasteiger partial charge in [0.05, 0.1) is 18.8 Å². The minimum Gasteiger partial charge on any atom is -0.379 e. The Kier molecular flexibility index (Phi) is 8.97. The summed E-state index contributed by atoms with van der Waals surface area (Å²) in [5, 5.41) is 2.99. The molecule has 0 fully saturated rings. The van der Waals surface area contributed by atoms with Crippen LogP contribution in [0.3, 0.4) is 0 Å². The van der Waals surface area contributed by atoms with Gasteiger partial charge in [0.1, 0.15) is 6.10 Å². The number of nitrogens with one attached hydrogen (secondary N) is 1. The monoisotopic (exact) mass is 260 g/mol. The van der Waals surface area contributed by atoms with E-state index in [9.17, 15) is 4.79 Å². The molecule has 0 rings (SSSR count). The number of nitrogens with two attached hydrogens (primary N) is 1. The molecule has 0 spiro atoms. The Hall–Kier alpha value is -0.650. The van der Waals surface area contributed by atoms with Crippen LogP contribution in [-0.2, 0) is 14.3 Å². The maximum absolute atomic E-state index is 12.0. The highest BCUT2D eigenvalue weighted by Crippen LogP contribution is 2.13. The summed E-state index contributed by atoms with van der Waals surface area (Å²) in [6.07, 6.45) is 1.16. The molecule has 0 aliphatic carbocycles. The zero-order chi connectivity index (χ0) is 14.0. The fraction of sp³-hybridized carbons (Fsp3) is 0.923. The number of ether oxygens (including phenoxy) is 2. The lowest BCUT2D eigenvalue weighted by molar-refractivity contribution is -0.134. The van der Waals surface area contributed by atoms with Crippen LogP contribution in [0.15, 0.2) is 0 Å². The van der Waals surface area contributed by atoms with E-state index >= 15 is 0 Å². The zero-order valence-electron chi connectivity index (χ0n) is 12.1. The van der Waals surface area contributed by atoms with Crippen LogP contribution in [0.2, 0.25) is 0 Å². The van der Waals surface area contributed by atoms with Crippen LogP contribution in [0.5, 0.6) is 0 Å². The topological polar surface area (TPSA) is 73.6 Å². The van der Waals surface area contributed by atoms with Crippen LogP contribution >= 0.6 is 0 Å². The normalized spacial score (nSPS) is 13.4. The van der Waals surface area contributed by atoms with Crippen molar-refractivity contribution in [2.45, 2.75) is 52.2 Å². The highest BCUT2D eigenvalue weighted by molar-refractivity contribution is 5.81. The largest absolute Gasteiger partial charge is 0.379 e. The third-order valence-electron chi connectivity index (χ3n) is 3.30. The fourth-order valence-corrected chi connectivity index (χ4v) is 1.63. The van der Waals surface area contributed by atoms with E-state index in [1.54, 1.807) is 6.92 Å². The van der Waals surface area contributed by atoms with E-state index in [-0.39, 0.29) is 11.4 Å².